The van der Waals surface area contributed by atoms with Crippen LogP contribution in [0.25, 0.3) is 0 Å². The predicted molar refractivity (Wildman–Crippen MR) is 69.0 cm³/mol. The van der Waals surface area contributed by atoms with Gasteiger partial charge in [-0.25, -0.2) is 4.98 Å². The molecule has 0 fully saturated rings. The molecule has 2 heterocycles. The fourth-order valence-electron chi connectivity index (χ4n) is 1.98. The van der Waals surface area contributed by atoms with Gasteiger partial charge in [0.25, 0.3) is 0 Å². The highest BCUT2D eigenvalue weighted by atomic mass is 35.5. The van der Waals surface area contributed by atoms with Gasteiger partial charge >= 0.3 is 12.4 Å². The van der Waals surface area contributed by atoms with Gasteiger partial charge in [0.2, 0.25) is 0 Å². The van der Waals surface area contributed by atoms with Crippen molar-refractivity contribution in [1.82, 2.24) is 4.98 Å². The maximum atomic E-state index is 13.0. The van der Waals surface area contributed by atoms with Crippen LogP contribution in [0, 0.1) is 0 Å². The maximum absolute atomic E-state index is 13.0. The lowest BCUT2D eigenvalue weighted by Gasteiger charge is -2.25. The minimum atomic E-state index is -4.90. The molecule has 0 saturated carbocycles. The summed E-state index contributed by atoms with van der Waals surface area (Å²) in [6, 6.07) is -1.22. The summed E-state index contributed by atoms with van der Waals surface area (Å²) in [5, 5.41) is -0.597. The Hall–Kier alpha value is -1.28. The molecule has 0 N–H and O–H groups in total. The van der Waals surface area contributed by atoms with E-state index in [1.54, 1.807) is 0 Å². The molecule has 10 heteroatoms. The number of aromatic nitrogens is 1. The second-order valence-electron chi connectivity index (χ2n) is 4.36. The van der Waals surface area contributed by atoms with Crippen molar-refractivity contribution in [3.63, 3.8) is 0 Å². The van der Waals surface area contributed by atoms with Crippen molar-refractivity contribution in [1.29, 1.82) is 0 Å². The number of allylic oxidation sites excluding steroid dienone is 1. The molecule has 1 atom stereocenters. The van der Waals surface area contributed by atoms with Crippen LogP contribution >= 0.6 is 23.2 Å². The minimum Gasteiger partial charge on any atom is -0.264 e. The van der Waals surface area contributed by atoms with E-state index in [4.69, 9.17) is 23.2 Å². The standard InChI is InChI=1S/C12H6Cl2F6N2/c13-8-2-1-6(11(15,16)17)10(22-8)5-3-9(14)21-4-7(5)12(18,19)20/h1,3-4,10H,2H2/t10-/m0/s1. The van der Waals surface area contributed by atoms with Gasteiger partial charge < -0.3 is 0 Å². The minimum absolute atomic E-state index is 0.223. The van der Waals surface area contributed by atoms with E-state index in [2.05, 4.69) is 9.98 Å². The average Bonchev–Trinajstić information content (AvgIpc) is 2.35. The molecule has 0 saturated heterocycles. The molecule has 120 valence electrons. The highest BCUT2D eigenvalue weighted by Gasteiger charge is 2.44. The lowest BCUT2D eigenvalue weighted by Crippen LogP contribution is -2.23. The van der Waals surface area contributed by atoms with Gasteiger partial charge in [-0.2, -0.15) is 26.3 Å². The first-order chi connectivity index (χ1) is 10.00. The summed E-state index contributed by atoms with van der Waals surface area (Å²) in [4.78, 5) is 6.79. The summed E-state index contributed by atoms with van der Waals surface area (Å²) in [5.41, 5.74) is -3.30. The van der Waals surface area contributed by atoms with E-state index in [0.717, 1.165) is 0 Å². The molecule has 0 bridgehead atoms. The van der Waals surface area contributed by atoms with E-state index in [0.29, 0.717) is 18.3 Å². The van der Waals surface area contributed by atoms with Crippen molar-refractivity contribution >= 4 is 28.4 Å². The Morgan fingerprint density at radius 2 is 1.68 bits per heavy atom. The normalized spacial score (nSPS) is 19.7. The lowest BCUT2D eigenvalue weighted by molar-refractivity contribution is -0.139. The van der Waals surface area contributed by atoms with Gasteiger partial charge in [0.15, 0.2) is 0 Å². The van der Waals surface area contributed by atoms with Gasteiger partial charge in [0.05, 0.1) is 11.1 Å². The van der Waals surface area contributed by atoms with Crippen LogP contribution in [0.3, 0.4) is 0 Å². The third kappa shape index (κ3) is 3.55. The van der Waals surface area contributed by atoms with Crippen LogP contribution in [0.15, 0.2) is 28.9 Å². The molecule has 2 nitrogen and oxygen atoms in total. The average molecular weight is 363 g/mol. The molecule has 0 spiro atoms. The number of nitrogens with zero attached hydrogens (tertiary/aromatic N) is 2. The van der Waals surface area contributed by atoms with Crippen LogP contribution in [-0.2, 0) is 6.18 Å². The molecule has 0 radical (unpaired) electrons. The number of dihydropyridines is 1. The Labute approximate surface area is 130 Å². The molecule has 1 aromatic rings. The van der Waals surface area contributed by atoms with Gasteiger partial charge in [0, 0.05) is 12.6 Å². The number of rotatable bonds is 1. The topological polar surface area (TPSA) is 25.2 Å². The zero-order chi connectivity index (χ0) is 16.7. The summed E-state index contributed by atoms with van der Waals surface area (Å²) >= 11 is 11.1. The van der Waals surface area contributed by atoms with E-state index in [1.807, 2.05) is 0 Å². The van der Waals surface area contributed by atoms with Gasteiger partial charge in [-0.15, -0.1) is 0 Å². The lowest BCUT2D eigenvalue weighted by atomic mass is 9.93. The zero-order valence-corrected chi connectivity index (χ0v) is 11.9. The number of hydrogen-bond acceptors (Lipinski definition) is 2. The molecule has 0 unspecified atom stereocenters. The predicted octanol–water partition coefficient (Wildman–Crippen LogP) is 5.32. The number of hydrogen-bond donors (Lipinski definition) is 0. The molecular weight excluding hydrogens is 357 g/mol. The Morgan fingerprint density at radius 3 is 2.23 bits per heavy atom. The van der Waals surface area contributed by atoms with Crippen LogP contribution in [0.1, 0.15) is 23.6 Å². The van der Waals surface area contributed by atoms with Gasteiger partial charge in [-0.1, -0.05) is 29.3 Å². The van der Waals surface area contributed by atoms with E-state index >= 15 is 0 Å². The van der Waals surface area contributed by atoms with E-state index in [1.165, 1.54) is 0 Å². The monoisotopic (exact) mass is 362 g/mol. The second kappa shape index (κ2) is 5.73. The van der Waals surface area contributed by atoms with Crippen molar-refractivity contribution in [3.8, 4) is 0 Å². The molecule has 0 aromatic carbocycles. The molecule has 22 heavy (non-hydrogen) atoms. The quantitative estimate of drug-likeness (QED) is 0.376. The van der Waals surface area contributed by atoms with Crippen LogP contribution in [0.2, 0.25) is 5.15 Å². The van der Waals surface area contributed by atoms with E-state index in [-0.39, 0.29) is 16.7 Å². The number of aliphatic imine (C=N–C) groups is 1. The number of pyridine rings is 1. The summed E-state index contributed by atoms with van der Waals surface area (Å²) in [6.45, 7) is 0. The van der Waals surface area contributed by atoms with Crippen LogP contribution in [0.4, 0.5) is 26.3 Å². The van der Waals surface area contributed by atoms with E-state index < -0.39 is 35.1 Å². The fraction of sp³-hybridized carbons (Fsp3) is 0.333. The highest BCUT2D eigenvalue weighted by Crippen LogP contribution is 2.45. The number of alkyl halides is 6. The fourth-order valence-corrected chi connectivity index (χ4v) is 2.32. The molecule has 1 aromatic heterocycles. The summed E-state index contributed by atoms with van der Waals surface area (Å²) in [7, 11) is 0. The first kappa shape index (κ1) is 17.1. The van der Waals surface area contributed by atoms with Gasteiger partial charge in [-0.05, 0) is 11.6 Å². The third-order valence-electron chi connectivity index (χ3n) is 2.88. The zero-order valence-electron chi connectivity index (χ0n) is 10.4. The van der Waals surface area contributed by atoms with Crippen molar-refractivity contribution in [2.24, 2.45) is 4.99 Å². The maximum Gasteiger partial charge on any atom is 0.418 e. The van der Waals surface area contributed by atoms with Gasteiger partial charge in [0.1, 0.15) is 16.4 Å². The van der Waals surface area contributed by atoms with Gasteiger partial charge in [-0.3, -0.25) is 4.99 Å². The molecule has 2 rings (SSSR count). The van der Waals surface area contributed by atoms with Crippen LogP contribution < -0.4 is 0 Å². The number of halogens is 8. The molecule has 0 aliphatic carbocycles. The van der Waals surface area contributed by atoms with Crippen molar-refractivity contribution in [2.45, 2.75) is 24.8 Å². The third-order valence-corrected chi connectivity index (χ3v) is 3.34. The molecule has 1 aliphatic heterocycles. The largest absolute Gasteiger partial charge is 0.418 e. The Morgan fingerprint density at radius 1 is 1.05 bits per heavy atom. The summed E-state index contributed by atoms with van der Waals surface area (Å²) in [6.07, 6.45) is -8.95. The van der Waals surface area contributed by atoms with Crippen molar-refractivity contribution < 1.29 is 26.3 Å². The molecule has 0 amide bonds. The Balaban J connectivity index is 2.64. The van der Waals surface area contributed by atoms with E-state index in [9.17, 15) is 26.3 Å². The summed E-state index contributed by atoms with van der Waals surface area (Å²) < 4.78 is 78.0. The molecular formula is C12H6Cl2F6N2. The first-order valence-corrected chi connectivity index (χ1v) is 6.48. The summed E-state index contributed by atoms with van der Waals surface area (Å²) in [5.74, 6) is 0. The second-order valence-corrected chi connectivity index (χ2v) is 5.18. The SMILES string of the molecule is FC(F)(F)C1=CCC(Cl)=N[C@H]1c1cc(Cl)ncc1C(F)(F)F. The molecule has 1 aliphatic rings. The first-order valence-electron chi connectivity index (χ1n) is 5.72. The smallest absolute Gasteiger partial charge is 0.264 e. The van der Waals surface area contributed by atoms with Crippen LogP contribution in [-0.4, -0.2) is 16.3 Å². The highest BCUT2D eigenvalue weighted by molar-refractivity contribution is 6.65. The Kier molecular flexibility index (Phi) is 4.45. The van der Waals surface area contributed by atoms with Crippen molar-refractivity contribution in [3.05, 3.63) is 40.2 Å². The van der Waals surface area contributed by atoms with Crippen molar-refractivity contribution in [2.75, 3.05) is 0 Å². The van der Waals surface area contributed by atoms with Crippen LogP contribution in [0.5, 0.6) is 0 Å². The Bertz CT molecular complexity index is 648.